The predicted octanol–water partition coefficient (Wildman–Crippen LogP) is 3.56. The minimum absolute atomic E-state index is 0.143. The van der Waals surface area contributed by atoms with Crippen LogP contribution < -0.4 is 5.73 Å². The van der Waals surface area contributed by atoms with Crippen LogP contribution in [-0.2, 0) is 0 Å². The summed E-state index contributed by atoms with van der Waals surface area (Å²) in [6.45, 7) is 0. The molecule has 0 fully saturated rings. The maximum atomic E-state index is 13.8. The minimum atomic E-state index is -0.712. The normalized spacial score (nSPS) is 10.8. The first kappa shape index (κ1) is 13.7. The Balaban J connectivity index is 2.07. The van der Waals surface area contributed by atoms with E-state index in [1.54, 1.807) is 18.3 Å². The molecule has 0 unspecified atom stereocenters. The maximum Gasteiger partial charge on any atom is 0.153 e. The van der Waals surface area contributed by atoms with Crippen LogP contribution in [0.4, 0.5) is 14.5 Å². The molecule has 1 aromatic carbocycles. The quantitative estimate of drug-likeness (QED) is 0.768. The van der Waals surface area contributed by atoms with E-state index in [1.165, 1.54) is 16.9 Å². The molecule has 3 aromatic rings. The Morgan fingerprint density at radius 3 is 2.62 bits per heavy atom. The number of halogens is 3. The Hall–Kier alpha value is -2.28. The van der Waals surface area contributed by atoms with Gasteiger partial charge in [0.1, 0.15) is 17.3 Å². The molecular weight excluding hydrogens is 342 g/mol. The second-order valence-corrected chi connectivity index (χ2v) is 5.25. The van der Waals surface area contributed by atoms with Gasteiger partial charge in [-0.05, 0) is 40.2 Å². The van der Waals surface area contributed by atoms with Crippen LogP contribution in [0.2, 0.25) is 0 Å². The number of nitrogen functional groups attached to an aromatic ring is 1. The highest BCUT2D eigenvalue weighted by molar-refractivity contribution is 9.10. The Bertz CT molecular complexity index is 799. The summed E-state index contributed by atoms with van der Waals surface area (Å²) in [7, 11) is 0. The maximum absolute atomic E-state index is 13.8. The Kier molecular flexibility index (Phi) is 3.42. The highest BCUT2D eigenvalue weighted by Crippen LogP contribution is 2.28. The van der Waals surface area contributed by atoms with Crippen molar-refractivity contribution in [2.24, 2.45) is 0 Å². The second-order valence-electron chi connectivity index (χ2n) is 4.34. The summed E-state index contributed by atoms with van der Waals surface area (Å²) in [5, 5.41) is 4.22. The van der Waals surface area contributed by atoms with Gasteiger partial charge in [-0.2, -0.15) is 5.10 Å². The number of hydrogen-bond donors (Lipinski definition) is 1. The van der Waals surface area contributed by atoms with Gasteiger partial charge in [-0.25, -0.2) is 18.4 Å². The monoisotopic (exact) mass is 350 g/mol. The van der Waals surface area contributed by atoms with E-state index in [4.69, 9.17) is 5.73 Å². The molecule has 2 N–H and O–H groups in total. The van der Waals surface area contributed by atoms with E-state index in [9.17, 15) is 8.78 Å². The number of hydrogen-bond acceptors (Lipinski definition) is 3. The smallest absolute Gasteiger partial charge is 0.153 e. The highest BCUT2D eigenvalue weighted by Gasteiger charge is 2.14. The molecule has 4 nitrogen and oxygen atoms in total. The van der Waals surface area contributed by atoms with Crippen molar-refractivity contribution in [1.29, 1.82) is 0 Å². The van der Waals surface area contributed by atoms with Gasteiger partial charge < -0.3 is 5.73 Å². The van der Waals surface area contributed by atoms with Crippen LogP contribution in [0.5, 0.6) is 0 Å². The van der Waals surface area contributed by atoms with E-state index >= 15 is 0 Å². The number of anilines is 1. The first-order chi connectivity index (χ1) is 10.0. The van der Waals surface area contributed by atoms with Crippen LogP contribution in [0.1, 0.15) is 0 Å². The Morgan fingerprint density at radius 1 is 1.14 bits per heavy atom. The lowest BCUT2D eigenvalue weighted by Crippen LogP contribution is -1.98. The number of rotatable bonds is 2. The van der Waals surface area contributed by atoms with Crippen LogP contribution in [0.3, 0.4) is 0 Å². The summed E-state index contributed by atoms with van der Waals surface area (Å²) in [5.74, 6) is -0.821. The van der Waals surface area contributed by atoms with Crippen molar-refractivity contribution in [3.63, 3.8) is 0 Å². The third-order valence-electron chi connectivity index (χ3n) is 2.88. The third kappa shape index (κ3) is 2.64. The number of nitrogens with two attached hydrogens (primary N) is 1. The fourth-order valence-electron chi connectivity index (χ4n) is 1.90. The molecule has 0 spiro atoms. The average molecular weight is 351 g/mol. The van der Waals surface area contributed by atoms with Gasteiger partial charge in [0.05, 0.1) is 11.9 Å². The van der Waals surface area contributed by atoms with Crippen molar-refractivity contribution >= 4 is 21.6 Å². The van der Waals surface area contributed by atoms with Gasteiger partial charge in [0, 0.05) is 22.3 Å². The SMILES string of the molecule is Nc1cn(-c2ccc(Br)cn2)nc1-c1ccc(F)cc1F. The average Bonchev–Trinajstić information content (AvgIpc) is 2.81. The zero-order chi connectivity index (χ0) is 15.0. The molecule has 2 aromatic heterocycles. The van der Waals surface area contributed by atoms with Crippen LogP contribution in [0.15, 0.2) is 47.2 Å². The van der Waals surface area contributed by atoms with Gasteiger partial charge in [0.2, 0.25) is 0 Å². The van der Waals surface area contributed by atoms with Crippen LogP contribution in [-0.4, -0.2) is 14.8 Å². The Morgan fingerprint density at radius 2 is 1.95 bits per heavy atom. The number of benzene rings is 1. The van der Waals surface area contributed by atoms with E-state index in [0.29, 0.717) is 5.82 Å². The van der Waals surface area contributed by atoms with Crippen LogP contribution in [0.25, 0.3) is 17.1 Å². The van der Waals surface area contributed by atoms with Gasteiger partial charge >= 0.3 is 0 Å². The van der Waals surface area contributed by atoms with E-state index in [1.807, 2.05) is 0 Å². The van der Waals surface area contributed by atoms with E-state index in [2.05, 4.69) is 26.0 Å². The zero-order valence-electron chi connectivity index (χ0n) is 10.6. The molecule has 21 heavy (non-hydrogen) atoms. The topological polar surface area (TPSA) is 56.7 Å². The first-order valence-corrected chi connectivity index (χ1v) is 6.76. The lowest BCUT2D eigenvalue weighted by molar-refractivity contribution is 0.585. The third-order valence-corrected chi connectivity index (χ3v) is 3.34. The van der Waals surface area contributed by atoms with Crippen molar-refractivity contribution in [3.05, 3.63) is 58.8 Å². The lowest BCUT2D eigenvalue weighted by Gasteiger charge is -2.01. The van der Waals surface area contributed by atoms with Crippen LogP contribution in [0, 0.1) is 11.6 Å². The molecular formula is C14H9BrF2N4. The molecule has 2 heterocycles. The van der Waals surface area contributed by atoms with Gasteiger partial charge in [-0.15, -0.1) is 0 Å². The van der Waals surface area contributed by atoms with Crippen molar-refractivity contribution < 1.29 is 8.78 Å². The molecule has 0 radical (unpaired) electrons. The summed E-state index contributed by atoms with van der Waals surface area (Å²) in [6, 6.07) is 6.81. The number of nitrogens with zero attached hydrogens (tertiary/aromatic N) is 3. The van der Waals surface area contributed by atoms with Gasteiger partial charge in [-0.3, -0.25) is 0 Å². The standard InChI is InChI=1S/C14H9BrF2N4/c15-8-1-4-13(19-6-8)21-7-12(18)14(20-21)10-3-2-9(16)5-11(10)17/h1-7H,18H2. The van der Waals surface area contributed by atoms with Gasteiger partial charge in [0.15, 0.2) is 5.82 Å². The zero-order valence-corrected chi connectivity index (χ0v) is 12.2. The summed E-state index contributed by atoms with van der Waals surface area (Å²) in [6.07, 6.45) is 3.15. The highest BCUT2D eigenvalue weighted by atomic mass is 79.9. The van der Waals surface area contributed by atoms with E-state index < -0.39 is 11.6 Å². The largest absolute Gasteiger partial charge is 0.396 e. The van der Waals surface area contributed by atoms with Gasteiger partial charge in [0.25, 0.3) is 0 Å². The molecule has 0 saturated heterocycles. The van der Waals surface area contributed by atoms with Crippen molar-refractivity contribution in [1.82, 2.24) is 14.8 Å². The molecule has 7 heteroatoms. The first-order valence-electron chi connectivity index (χ1n) is 5.97. The molecule has 0 atom stereocenters. The number of aromatic nitrogens is 3. The fraction of sp³-hybridized carbons (Fsp3) is 0. The van der Waals surface area contributed by atoms with E-state index in [0.717, 1.165) is 16.6 Å². The molecule has 0 aliphatic rings. The summed E-state index contributed by atoms with van der Waals surface area (Å²) >= 11 is 3.29. The lowest BCUT2D eigenvalue weighted by atomic mass is 10.1. The minimum Gasteiger partial charge on any atom is -0.396 e. The summed E-state index contributed by atoms with van der Waals surface area (Å²) in [4.78, 5) is 4.18. The fourth-order valence-corrected chi connectivity index (χ4v) is 2.13. The molecule has 0 bridgehead atoms. The predicted molar refractivity (Wildman–Crippen MR) is 78.8 cm³/mol. The molecule has 106 valence electrons. The van der Waals surface area contributed by atoms with Gasteiger partial charge in [-0.1, -0.05) is 0 Å². The molecule has 3 rings (SSSR count). The molecule has 0 aliphatic heterocycles. The summed E-state index contributed by atoms with van der Waals surface area (Å²) < 4.78 is 29.0. The van der Waals surface area contributed by atoms with Crippen molar-refractivity contribution in [2.75, 3.05) is 5.73 Å². The molecule has 0 amide bonds. The molecule has 0 aliphatic carbocycles. The Labute approximate surface area is 127 Å². The summed E-state index contributed by atoms with van der Waals surface area (Å²) in [5.41, 5.74) is 6.54. The molecule has 0 saturated carbocycles. The number of pyridine rings is 1. The van der Waals surface area contributed by atoms with Crippen LogP contribution >= 0.6 is 15.9 Å². The van der Waals surface area contributed by atoms with Crippen molar-refractivity contribution in [2.45, 2.75) is 0 Å². The van der Waals surface area contributed by atoms with Crippen molar-refractivity contribution in [3.8, 4) is 17.1 Å². The second kappa shape index (κ2) is 5.25. The van der Waals surface area contributed by atoms with E-state index in [-0.39, 0.29) is 16.9 Å².